The van der Waals surface area contributed by atoms with Crippen LogP contribution in [0.5, 0.6) is 5.75 Å². The van der Waals surface area contributed by atoms with Crippen LogP contribution in [-0.4, -0.2) is 12.6 Å². The van der Waals surface area contributed by atoms with Crippen LogP contribution in [0.4, 0.5) is 10.5 Å². The quantitative estimate of drug-likeness (QED) is 0.714. The van der Waals surface area contributed by atoms with Gasteiger partial charge in [-0.1, -0.05) is 32.3 Å². The third kappa shape index (κ3) is 5.80. The normalized spacial score (nSPS) is 9.94. The Morgan fingerprint density at radius 3 is 2.88 bits per heavy atom. The molecule has 3 N–H and O–H groups in total. The van der Waals surface area contributed by atoms with Gasteiger partial charge < -0.3 is 15.8 Å². The van der Waals surface area contributed by atoms with E-state index in [0.717, 1.165) is 12.2 Å². The van der Waals surface area contributed by atoms with Crippen LogP contribution >= 0.6 is 0 Å². The zero-order valence-electron chi connectivity index (χ0n) is 10.2. The Labute approximate surface area is 102 Å². The molecule has 0 atom stereocenters. The summed E-state index contributed by atoms with van der Waals surface area (Å²) >= 11 is 0. The number of nitrogens with two attached hydrogens (primary N) is 1. The van der Waals surface area contributed by atoms with Gasteiger partial charge in [0.1, 0.15) is 5.75 Å². The zero-order valence-corrected chi connectivity index (χ0v) is 10.2. The summed E-state index contributed by atoms with van der Waals surface area (Å²) < 4.78 is 5.58. The number of carbonyl (C=O) groups excluding carboxylic acids is 1. The Morgan fingerprint density at radius 2 is 2.18 bits per heavy atom. The van der Waals surface area contributed by atoms with E-state index in [-0.39, 0.29) is 0 Å². The fourth-order valence-corrected chi connectivity index (χ4v) is 1.52. The van der Waals surface area contributed by atoms with Gasteiger partial charge in [-0.05, 0) is 18.6 Å². The topological polar surface area (TPSA) is 64.3 Å². The summed E-state index contributed by atoms with van der Waals surface area (Å²) in [7, 11) is 0. The average Bonchev–Trinajstić information content (AvgIpc) is 2.28. The molecular formula is C13H20N2O2. The smallest absolute Gasteiger partial charge is 0.316 e. The molecular weight excluding hydrogens is 216 g/mol. The highest BCUT2D eigenvalue weighted by Gasteiger charge is 1.98. The number of amides is 2. The highest BCUT2D eigenvalue weighted by atomic mass is 16.5. The van der Waals surface area contributed by atoms with E-state index in [1.165, 1.54) is 19.3 Å². The van der Waals surface area contributed by atoms with Crippen molar-refractivity contribution in [3.8, 4) is 5.75 Å². The van der Waals surface area contributed by atoms with E-state index in [2.05, 4.69) is 12.2 Å². The molecule has 0 radical (unpaired) electrons. The molecule has 1 aromatic rings. The van der Waals surface area contributed by atoms with E-state index >= 15 is 0 Å². The molecule has 0 unspecified atom stereocenters. The Balaban J connectivity index is 2.35. The van der Waals surface area contributed by atoms with Crippen LogP contribution < -0.4 is 15.8 Å². The molecule has 0 saturated carbocycles. The van der Waals surface area contributed by atoms with Crippen molar-refractivity contribution in [3.05, 3.63) is 24.3 Å². The Kier molecular flexibility index (Phi) is 5.93. The van der Waals surface area contributed by atoms with Crippen molar-refractivity contribution in [2.45, 2.75) is 32.6 Å². The Morgan fingerprint density at radius 1 is 1.35 bits per heavy atom. The maximum atomic E-state index is 10.7. The predicted octanol–water partition coefficient (Wildman–Crippen LogP) is 3.14. The molecule has 0 aliphatic rings. The molecule has 4 nitrogen and oxygen atoms in total. The van der Waals surface area contributed by atoms with Gasteiger partial charge in [0.05, 0.1) is 6.61 Å². The number of carbonyl (C=O) groups is 1. The van der Waals surface area contributed by atoms with E-state index in [0.29, 0.717) is 12.3 Å². The van der Waals surface area contributed by atoms with Crippen molar-refractivity contribution in [1.29, 1.82) is 0 Å². The van der Waals surface area contributed by atoms with E-state index in [9.17, 15) is 4.79 Å². The number of urea groups is 1. The molecule has 0 bridgehead atoms. The van der Waals surface area contributed by atoms with E-state index < -0.39 is 6.03 Å². The first-order valence-electron chi connectivity index (χ1n) is 6.01. The molecule has 0 spiro atoms. The SMILES string of the molecule is CCCCCCOc1cccc(NC(N)=O)c1. The highest BCUT2D eigenvalue weighted by molar-refractivity contribution is 5.87. The third-order valence-electron chi connectivity index (χ3n) is 2.37. The molecule has 1 rings (SSSR count). The minimum absolute atomic E-state index is 0.565. The number of nitrogens with one attached hydrogen (secondary N) is 1. The van der Waals surface area contributed by atoms with Gasteiger partial charge in [0, 0.05) is 11.8 Å². The monoisotopic (exact) mass is 236 g/mol. The van der Waals surface area contributed by atoms with Gasteiger partial charge in [-0.15, -0.1) is 0 Å². The zero-order chi connectivity index (χ0) is 12.5. The first-order valence-corrected chi connectivity index (χ1v) is 6.01. The fraction of sp³-hybridized carbons (Fsp3) is 0.462. The van der Waals surface area contributed by atoms with Crippen molar-refractivity contribution < 1.29 is 9.53 Å². The summed E-state index contributed by atoms with van der Waals surface area (Å²) in [5.41, 5.74) is 5.69. The number of hydrogen-bond acceptors (Lipinski definition) is 2. The second kappa shape index (κ2) is 7.54. The van der Waals surface area contributed by atoms with Gasteiger partial charge in [0.15, 0.2) is 0 Å². The molecule has 4 heteroatoms. The maximum absolute atomic E-state index is 10.7. The summed E-state index contributed by atoms with van der Waals surface area (Å²) in [6.07, 6.45) is 4.71. The lowest BCUT2D eigenvalue weighted by molar-refractivity contribution is 0.259. The molecule has 94 valence electrons. The van der Waals surface area contributed by atoms with Gasteiger partial charge in [0.2, 0.25) is 0 Å². The Bertz CT molecular complexity index is 353. The van der Waals surface area contributed by atoms with Gasteiger partial charge in [-0.2, -0.15) is 0 Å². The van der Waals surface area contributed by atoms with Crippen LogP contribution in [0.3, 0.4) is 0 Å². The average molecular weight is 236 g/mol. The maximum Gasteiger partial charge on any atom is 0.316 e. The Hall–Kier alpha value is -1.71. The highest BCUT2D eigenvalue weighted by Crippen LogP contribution is 2.17. The summed E-state index contributed by atoms with van der Waals surface area (Å²) in [5, 5.41) is 2.51. The van der Waals surface area contributed by atoms with Gasteiger partial charge in [-0.25, -0.2) is 4.79 Å². The number of rotatable bonds is 7. The number of hydrogen-bond donors (Lipinski definition) is 2. The minimum Gasteiger partial charge on any atom is -0.494 e. The number of ether oxygens (including phenoxy) is 1. The molecule has 0 fully saturated rings. The molecule has 2 amide bonds. The first-order chi connectivity index (χ1) is 8.22. The van der Waals surface area contributed by atoms with Gasteiger partial charge >= 0.3 is 6.03 Å². The third-order valence-corrected chi connectivity index (χ3v) is 2.37. The number of unbranched alkanes of at least 4 members (excludes halogenated alkanes) is 3. The van der Waals surface area contributed by atoms with Gasteiger partial charge in [0.25, 0.3) is 0 Å². The minimum atomic E-state index is -0.565. The molecule has 0 aliphatic heterocycles. The summed E-state index contributed by atoms with van der Waals surface area (Å²) in [4.78, 5) is 10.7. The van der Waals surface area contributed by atoms with E-state index in [4.69, 9.17) is 10.5 Å². The molecule has 1 aromatic carbocycles. The van der Waals surface area contributed by atoms with Crippen LogP contribution in [0.2, 0.25) is 0 Å². The van der Waals surface area contributed by atoms with Crippen LogP contribution in [0.25, 0.3) is 0 Å². The number of anilines is 1. The van der Waals surface area contributed by atoms with Crippen LogP contribution in [0.1, 0.15) is 32.6 Å². The second-order valence-electron chi connectivity index (χ2n) is 3.93. The van der Waals surface area contributed by atoms with Crippen molar-refractivity contribution in [2.24, 2.45) is 5.73 Å². The van der Waals surface area contributed by atoms with E-state index in [1.54, 1.807) is 12.1 Å². The molecule has 0 aliphatic carbocycles. The predicted molar refractivity (Wildman–Crippen MR) is 69.3 cm³/mol. The van der Waals surface area contributed by atoms with Crippen LogP contribution in [0.15, 0.2) is 24.3 Å². The molecule has 0 aromatic heterocycles. The second-order valence-corrected chi connectivity index (χ2v) is 3.93. The standard InChI is InChI=1S/C13H20N2O2/c1-2-3-4-5-9-17-12-8-6-7-11(10-12)15-13(14)16/h6-8,10H,2-5,9H2,1H3,(H3,14,15,16). The largest absolute Gasteiger partial charge is 0.494 e. The summed E-state index contributed by atoms with van der Waals surface area (Å²) in [6.45, 7) is 2.89. The van der Waals surface area contributed by atoms with Crippen molar-refractivity contribution >= 4 is 11.7 Å². The van der Waals surface area contributed by atoms with Crippen LogP contribution in [0, 0.1) is 0 Å². The summed E-state index contributed by atoms with van der Waals surface area (Å²) in [6, 6.07) is 6.67. The lowest BCUT2D eigenvalue weighted by Crippen LogP contribution is -2.19. The molecule has 0 heterocycles. The lowest BCUT2D eigenvalue weighted by atomic mass is 10.2. The lowest BCUT2D eigenvalue weighted by Gasteiger charge is -2.08. The van der Waals surface area contributed by atoms with Crippen molar-refractivity contribution in [1.82, 2.24) is 0 Å². The number of benzene rings is 1. The first kappa shape index (κ1) is 13.4. The molecule has 17 heavy (non-hydrogen) atoms. The summed E-state index contributed by atoms with van der Waals surface area (Å²) in [5.74, 6) is 0.757. The molecule has 0 saturated heterocycles. The van der Waals surface area contributed by atoms with Gasteiger partial charge in [-0.3, -0.25) is 0 Å². The van der Waals surface area contributed by atoms with Crippen LogP contribution in [-0.2, 0) is 0 Å². The van der Waals surface area contributed by atoms with E-state index in [1.807, 2.05) is 12.1 Å². The van der Waals surface area contributed by atoms with Crippen molar-refractivity contribution in [2.75, 3.05) is 11.9 Å². The fourth-order valence-electron chi connectivity index (χ4n) is 1.52. The van der Waals surface area contributed by atoms with Crippen molar-refractivity contribution in [3.63, 3.8) is 0 Å². The number of primary amides is 1.